The van der Waals surface area contributed by atoms with E-state index in [-0.39, 0.29) is 0 Å². The zero-order chi connectivity index (χ0) is 15.0. The van der Waals surface area contributed by atoms with Crippen LogP contribution in [0.15, 0.2) is 12.1 Å². The monoisotopic (exact) mass is 273 g/mol. The molecule has 0 aliphatic heterocycles. The number of fused-ring (bicyclic) bond motifs is 1. The summed E-state index contributed by atoms with van der Waals surface area (Å²) in [6.45, 7) is 11.3. The van der Waals surface area contributed by atoms with Gasteiger partial charge in [-0.05, 0) is 49.4 Å². The highest BCUT2D eigenvalue weighted by Crippen LogP contribution is 2.32. The number of hydrogen-bond donors (Lipinski definition) is 1. The van der Waals surface area contributed by atoms with Crippen molar-refractivity contribution in [2.24, 2.45) is 0 Å². The van der Waals surface area contributed by atoms with Crippen molar-refractivity contribution in [3.05, 3.63) is 34.5 Å². The molecule has 0 aliphatic carbocycles. The van der Waals surface area contributed by atoms with E-state index in [9.17, 15) is 9.90 Å². The predicted octanol–water partition coefficient (Wildman–Crippen LogP) is 4.49. The zero-order valence-electron chi connectivity index (χ0n) is 12.9. The first-order valence-electron chi connectivity index (χ1n) is 7.25. The van der Waals surface area contributed by atoms with E-state index in [2.05, 4.69) is 45.3 Å². The van der Waals surface area contributed by atoms with Crippen molar-refractivity contribution in [2.75, 3.05) is 0 Å². The van der Waals surface area contributed by atoms with Crippen molar-refractivity contribution in [1.29, 1.82) is 0 Å². The number of rotatable bonds is 4. The van der Waals surface area contributed by atoms with Gasteiger partial charge in [-0.1, -0.05) is 20.8 Å². The van der Waals surface area contributed by atoms with Crippen molar-refractivity contribution < 1.29 is 9.90 Å². The van der Waals surface area contributed by atoms with Crippen LogP contribution in [0.1, 0.15) is 60.3 Å². The quantitative estimate of drug-likeness (QED) is 0.891. The van der Waals surface area contributed by atoms with Gasteiger partial charge in [0, 0.05) is 17.6 Å². The van der Waals surface area contributed by atoms with Crippen LogP contribution in [0.4, 0.5) is 0 Å². The van der Waals surface area contributed by atoms with Gasteiger partial charge in [0.1, 0.15) is 0 Å². The normalized spacial score (nSPS) is 11.5. The Morgan fingerprint density at radius 2 is 1.95 bits per heavy atom. The maximum absolute atomic E-state index is 11.7. The van der Waals surface area contributed by atoms with E-state index in [4.69, 9.17) is 0 Å². The van der Waals surface area contributed by atoms with Gasteiger partial charge < -0.3 is 9.67 Å². The second-order valence-corrected chi connectivity index (χ2v) is 5.79. The molecule has 2 rings (SSSR count). The van der Waals surface area contributed by atoms with Gasteiger partial charge in [0.2, 0.25) is 0 Å². The summed E-state index contributed by atoms with van der Waals surface area (Å²) in [4.78, 5) is 11.7. The van der Waals surface area contributed by atoms with Gasteiger partial charge in [0.05, 0.1) is 11.1 Å². The zero-order valence-corrected chi connectivity index (χ0v) is 12.9. The largest absolute Gasteiger partial charge is 0.478 e. The summed E-state index contributed by atoms with van der Waals surface area (Å²) in [7, 11) is 0. The van der Waals surface area contributed by atoms with Gasteiger partial charge in [0.15, 0.2) is 0 Å². The molecule has 0 saturated heterocycles. The summed E-state index contributed by atoms with van der Waals surface area (Å²) >= 11 is 0. The molecule has 0 amide bonds. The van der Waals surface area contributed by atoms with Gasteiger partial charge in [-0.15, -0.1) is 0 Å². The molecule has 1 aromatic carbocycles. The SMILES string of the molecule is CCCn1c(C)c(C)c2cc(C(C)C)cc(C(=O)O)c21. The predicted molar refractivity (Wildman–Crippen MR) is 82.8 cm³/mol. The Hall–Kier alpha value is -1.77. The lowest BCUT2D eigenvalue weighted by atomic mass is 9.97. The van der Waals surface area contributed by atoms with Gasteiger partial charge >= 0.3 is 5.97 Å². The Morgan fingerprint density at radius 3 is 2.45 bits per heavy atom. The highest BCUT2D eigenvalue weighted by atomic mass is 16.4. The molecule has 1 N–H and O–H groups in total. The topological polar surface area (TPSA) is 42.2 Å². The minimum absolute atomic E-state index is 0.326. The van der Waals surface area contributed by atoms with Gasteiger partial charge in [0.25, 0.3) is 0 Å². The fraction of sp³-hybridized carbons (Fsp3) is 0.471. The highest BCUT2D eigenvalue weighted by molar-refractivity contribution is 6.04. The molecule has 0 radical (unpaired) electrons. The molecule has 0 spiro atoms. The molecule has 0 bridgehead atoms. The maximum atomic E-state index is 11.7. The molecule has 0 aliphatic rings. The number of nitrogens with zero attached hydrogens (tertiary/aromatic N) is 1. The van der Waals surface area contributed by atoms with E-state index in [0.29, 0.717) is 11.5 Å². The van der Waals surface area contributed by atoms with E-state index in [1.807, 2.05) is 6.07 Å². The Morgan fingerprint density at radius 1 is 1.30 bits per heavy atom. The molecule has 0 fully saturated rings. The van der Waals surface area contributed by atoms with Crippen LogP contribution < -0.4 is 0 Å². The number of benzene rings is 1. The first-order valence-corrected chi connectivity index (χ1v) is 7.25. The van der Waals surface area contributed by atoms with Crippen LogP contribution in [0.25, 0.3) is 10.9 Å². The van der Waals surface area contributed by atoms with E-state index >= 15 is 0 Å². The average molecular weight is 273 g/mol. The summed E-state index contributed by atoms with van der Waals surface area (Å²) in [5.41, 5.74) is 4.75. The molecule has 0 unspecified atom stereocenters. The molecule has 1 heterocycles. The van der Waals surface area contributed by atoms with Crippen molar-refractivity contribution in [3.63, 3.8) is 0 Å². The van der Waals surface area contributed by atoms with E-state index in [1.54, 1.807) is 0 Å². The molecule has 20 heavy (non-hydrogen) atoms. The summed E-state index contributed by atoms with van der Waals surface area (Å²) in [6.07, 6.45) is 0.995. The third-order valence-corrected chi connectivity index (χ3v) is 4.10. The summed E-state index contributed by atoms with van der Waals surface area (Å²) in [6, 6.07) is 3.99. The Balaban J connectivity index is 2.90. The molecule has 3 nitrogen and oxygen atoms in total. The molecular formula is C17H23NO2. The molecule has 108 valence electrons. The van der Waals surface area contributed by atoms with E-state index < -0.39 is 5.97 Å². The second-order valence-electron chi connectivity index (χ2n) is 5.79. The fourth-order valence-electron chi connectivity index (χ4n) is 2.80. The van der Waals surface area contributed by atoms with Crippen LogP contribution >= 0.6 is 0 Å². The summed E-state index contributed by atoms with van der Waals surface area (Å²) in [5.74, 6) is -0.515. The summed E-state index contributed by atoms with van der Waals surface area (Å²) < 4.78 is 2.15. The fourth-order valence-corrected chi connectivity index (χ4v) is 2.80. The standard InChI is InChI=1S/C17H23NO2/c1-6-7-18-12(5)11(4)14-8-13(10(2)3)9-15(16(14)18)17(19)20/h8-10H,6-7H2,1-5H3,(H,19,20). The maximum Gasteiger partial charge on any atom is 0.337 e. The average Bonchev–Trinajstić information content (AvgIpc) is 2.63. The molecule has 0 saturated carbocycles. The molecule has 3 heteroatoms. The minimum Gasteiger partial charge on any atom is -0.478 e. The number of hydrogen-bond acceptors (Lipinski definition) is 1. The second kappa shape index (κ2) is 5.31. The number of aromatic nitrogens is 1. The van der Waals surface area contributed by atoms with Crippen molar-refractivity contribution in [2.45, 2.75) is 53.5 Å². The number of aromatic carboxylic acids is 1. The van der Waals surface area contributed by atoms with Crippen LogP contribution in [0.3, 0.4) is 0 Å². The van der Waals surface area contributed by atoms with Crippen molar-refractivity contribution in [3.8, 4) is 0 Å². The van der Waals surface area contributed by atoms with E-state index in [1.165, 1.54) is 11.3 Å². The third-order valence-electron chi connectivity index (χ3n) is 4.10. The lowest BCUT2D eigenvalue weighted by Gasteiger charge is -2.11. The van der Waals surface area contributed by atoms with Crippen LogP contribution in [0.5, 0.6) is 0 Å². The molecule has 2 aromatic rings. The third kappa shape index (κ3) is 2.21. The first-order chi connectivity index (χ1) is 9.38. The smallest absolute Gasteiger partial charge is 0.337 e. The number of aryl methyl sites for hydroxylation is 2. The Kier molecular flexibility index (Phi) is 3.89. The number of carboxylic acid groups (broad SMARTS) is 1. The number of carbonyl (C=O) groups is 1. The van der Waals surface area contributed by atoms with Gasteiger partial charge in [-0.25, -0.2) is 4.79 Å². The lowest BCUT2D eigenvalue weighted by Crippen LogP contribution is -2.06. The molecule has 0 atom stereocenters. The van der Waals surface area contributed by atoms with E-state index in [0.717, 1.165) is 29.4 Å². The van der Waals surface area contributed by atoms with Gasteiger partial charge in [-0.2, -0.15) is 0 Å². The Labute approximate surface area is 120 Å². The number of carboxylic acids is 1. The van der Waals surface area contributed by atoms with Crippen molar-refractivity contribution >= 4 is 16.9 Å². The first kappa shape index (κ1) is 14.6. The lowest BCUT2D eigenvalue weighted by molar-refractivity contribution is 0.0698. The van der Waals surface area contributed by atoms with Gasteiger partial charge in [-0.3, -0.25) is 0 Å². The molecule has 1 aromatic heterocycles. The molecular weight excluding hydrogens is 250 g/mol. The van der Waals surface area contributed by atoms with Crippen LogP contribution in [-0.2, 0) is 6.54 Å². The summed E-state index contributed by atoms with van der Waals surface area (Å²) in [5, 5.41) is 10.7. The Bertz CT molecular complexity index is 665. The highest BCUT2D eigenvalue weighted by Gasteiger charge is 2.19. The van der Waals surface area contributed by atoms with Crippen LogP contribution in [0, 0.1) is 13.8 Å². The minimum atomic E-state index is -0.840. The van der Waals surface area contributed by atoms with Crippen LogP contribution in [-0.4, -0.2) is 15.6 Å². The van der Waals surface area contributed by atoms with Crippen molar-refractivity contribution in [1.82, 2.24) is 4.57 Å². The van der Waals surface area contributed by atoms with Crippen LogP contribution in [0.2, 0.25) is 0 Å².